The molecule has 0 unspecified atom stereocenters. The molecule has 150 valence electrons. The fourth-order valence-corrected chi connectivity index (χ4v) is 4.16. The predicted octanol–water partition coefficient (Wildman–Crippen LogP) is 4.15. The Balaban J connectivity index is 1.70. The zero-order valence-electron chi connectivity index (χ0n) is 15.8. The van der Waals surface area contributed by atoms with Crippen LogP contribution in [0.3, 0.4) is 0 Å². The van der Waals surface area contributed by atoms with Crippen LogP contribution < -0.4 is 5.32 Å². The Morgan fingerprint density at radius 1 is 1.17 bits per heavy atom. The lowest BCUT2D eigenvalue weighted by Crippen LogP contribution is -2.59. The highest BCUT2D eigenvalue weighted by Gasteiger charge is 2.43. The largest absolute Gasteiger partial charge is 0.478 e. The lowest BCUT2D eigenvalue weighted by Gasteiger charge is -2.43. The van der Waals surface area contributed by atoms with Crippen molar-refractivity contribution in [2.45, 2.75) is 12.5 Å². The Morgan fingerprint density at radius 2 is 1.90 bits per heavy atom. The lowest BCUT2D eigenvalue weighted by molar-refractivity contribution is -0.0737. The summed E-state index contributed by atoms with van der Waals surface area (Å²) < 4.78 is 7.17. The number of halogens is 2. The number of aromatic nitrogens is 1. The van der Waals surface area contributed by atoms with E-state index in [0.29, 0.717) is 34.3 Å². The molecule has 4 rings (SSSR count). The molecule has 1 amide bonds. The number of nitrogens with zero attached hydrogens (tertiary/aromatic N) is 1. The summed E-state index contributed by atoms with van der Waals surface area (Å²) in [6, 6.07) is 10.1. The van der Waals surface area contributed by atoms with E-state index in [1.165, 1.54) is 6.07 Å². The molecule has 0 spiro atoms. The van der Waals surface area contributed by atoms with Crippen LogP contribution in [0.2, 0.25) is 10.0 Å². The zero-order chi connectivity index (χ0) is 20.9. The number of hydrogen-bond donors (Lipinski definition) is 2. The summed E-state index contributed by atoms with van der Waals surface area (Å²) in [5, 5.41) is 13.8. The Bertz CT molecular complexity index is 1170. The first kappa shape index (κ1) is 19.8. The highest BCUT2D eigenvalue weighted by Crippen LogP contribution is 2.35. The number of carboxylic acids is 1. The van der Waals surface area contributed by atoms with Gasteiger partial charge in [0.15, 0.2) is 0 Å². The summed E-state index contributed by atoms with van der Waals surface area (Å²) in [5.41, 5.74) is 2.34. The summed E-state index contributed by atoms with van der Waals surface area (Å²) in [5.74, 6) is -1.27. The van der Waals surface area contributed by atoms with Crippen LogP contribution in [0.4, 0.5) is 0 Å². The molecule has 6 nitrogen and oxygen atoms in total. The summed E-state index contributed by atoms with van der Waals surface area (Å²) in [7, 11) is 1.79. The molecule has 2 N–H and O–H groups in total. The average molecular weight is 433 g/mol. The fraction of sp³-hybridized carbons (Fsp3) is 0.238. The summed E-state index contributed by atoms with van der Waals surface area (Å²) in [6.07, 6.45) is 0. The van der Waals surface area contributed by atoms with E-state index in [9.17, 15) is 14.7 Å². The number of carboxylic acid groups (broad SMARTS) is 1. The maximum atomic E-state index is 13.1. The van der Waals surface area contributed by atoms with Gasteiger partial charge in [-0.1, -0.05) is 29.3 Å². The molecule has 29 heavy (non-hydrogen) atoms. The van der Waals surface area contributed by atoms with Gasteiger partial charge in [0.2, 0.25) is 0 Å². The number of fused-ring (bicyclic) bond motifs is 1. The third kappa shape index (κ3) is 3.17. The zero-order valence-corrected chi connectivity index (χ0v) is 17.3. The average Bonchev–Trinajstić information content (AvgIpc) is 2.99. The maximum Gasteiger partial charge on any atom is 0.335 e. The Kier molecular flexibility index (Phi) is 4.81. The number of amides is 1. The van der Waals surface area contributed by atoms with Crippen LogP contribution in [0.1, 0.15) is 32.0 Å². The number of aromatic carboxylic acids is 1. The van der Waals surface area contributed by atoms with Crippen molar-refractivity contribution in [1.29, 1.82) is 0 Å². The fourth-order valence-electron chi connectivity index (χ4n) is 3.78. The number of hydrogen-bond acceptors (Lipinski definition) is 3. The smallest absolute Gasteiger partial charge is 0.335 e. The molecule has 0 saturated carbocycles. The number of aryl methyl sites for hydroxylation is 2. The van der Waals surface area contributed by atoms with Gasteiger partial charge < -0.3 is 19.7 Å². The van der Waals surface area contributed by atoms with Crippen LogP contribution in [0.15, 0.2) is 36.4 Å². The second-order valence-corrected chi connectivity index (χ2v) is 8.03. The molecule has 0 bridgehead atoms. The van der Waals surface area contributed by atoms with Crippen LogP contribution in [0.25, 0.3) is 10.9 Å². The quantitative estimate of drug-likeness (QED) is 0.648. The van der Waals surface area contributed by atoms with Gasteiger partial charge in [-0.15, -0.1) is 0 Å². The molecule has 0 aliphatic carbocycles. The van der Waals surface area contributed by atoms with E-state index in [1.807, 2.05) is 13.0 Å². The van der Waals surface area contributed by atoms with Crippen LogP contribution in [-0.2, 0) is 17.3 Å². The minimum absolute atomic E-state index is 0.202. The standard InChI is InChI=1S/C21H18Cl2N2O4/c1-11-7-12(20(27)28)3-4-14(11)21(9-29-10-21)24-19(26)17-8-13-16(25(17)2)6-5-15(22)18(13)23/h3-8H,9-10H2,1-2H3,(H,24,26)(H,27,28). The molecule has 1 saturated heterocycles. The minimum atomic E-state index is -0.992. The molecular weight excluding hydrogens is 415 g/mol. The number of ether oxygens (including phenoxy) is 1. The van der Waals surface area contributed by atoms with Gasteiger partial charge >= 0.3 is 5.97 Å². The number of carbonyl (C=O) groups is 2. The monoisotopic (exact) mass is 432 g/mol. The highest BCUT2D eigenvalue weighted by atomic mass is 35.5. The molecule has 2 heterocycles. The first-order valence-electron chi connectivity index (χ1n) is 8.91. The molecule has 1 aromatic heterocycles. The minimum Gasteiger partial charge on any atom is -0.478 e. The molecular formula is C21H18Cl2N2O4. The van der Waals surface area contributed by atoms with E-state index < -0.39 is 11.5 Å². The van der Waals surface area contributed by atoms with Crippen molar-refractivity contribution in [2.75, 3.05) is 13.2 Å². The van der Waals surface area contributed by atoms with Crippen molar-refractivity contribution in [3.05, 3.63) is 68.8 Å². The van der Waals surface area contributed by atoms with Crippen molar-refractivity contribution in [2.24, 2.45) is 7.05 Å². The lowest BCUT2D eigenvalue weighted by atomic mass is 9.84. The van der Waals surface area contributed by atoms with Gasteiger partial charge in [-0.3, -0.25) is 4.79 Å². The number of nitrogens with one attached hydrogen (secondary N) is 1. The predicted molar refractivity (Wildman–Crippen MR) is 111 cm³/mol. The van der Waals surface area contributed by atoms with E-state index >= 15 is 0 Å². The first-order valence-corrected chi connectivity index (χ1v) is 9.67. The normalized spacial score (nSPS) is 15.2. The highest BCUT2D eigenvalue weighted by molar-refractivity contribution is 6.45. The van der Waals surface area contributed by atoms with Crippen LogP contribution in [0, 0.1) is 6.92 Å². The van der Waals surface area contributed by atoms with Crippen LogP contribution in [-0.4, -0.2) is 34.8 Å². The summed E-state index contributed by atoms with van der Waals surface area (Å²) in [6.45, 7) is 2.44. The number of rotatable bonds is 4. The van der Waals surface area contributed by atoms with Crippen LogP contribution >= 0.6 is 23.2 Å². The first-order chi connectivity index (χ1) is 13.7. The second-order valence-electron chi connectivity index (χ2n) is 7.25. The molecule has 1 fully saturated rings. The van der Waals surface area contributed by atoms with E-state index in [2.05, 4.69) is 5.32 Å². The molecule has 8 heteroatoms. The van der Waals surface area contributed by atoms with Crippen molar-refractivity contribution in [3.63, 3.8) is 0 Å². The van der Waals surface area contributed by atoms with Crippen molar-refractivity contribution in [1.82, 2.24) is 9.88 Å². The molecule has 0 atom stereocenters. The SMILES string of the molecule is Cc1cc(C(=O)O)ccc1C1(NC(=O)c2cc3c(Cl)c(Cl)ccc3n2C)COC1. The Hall–Kier alpha value is -2.54. The Labute approximate surface area is 177 Å². The molecule has 2 aromatic carbocycles. The van der Waals surface area contributed by atoms with E-state index in [0.717, 1.165) is 16.6 Å². The van der Waals surface area contributed by atoms with E-state index in [4.69, 9.17) is 27.9 Å². The number of carbonyl (C=O) groups excluding carboxylic acids is 1. The van der Waals surface area contributed by atoms with Gasteiger partial charge in [-0.25, -0.2) is 4.79 Å². The molecule has 0 radical (unpaired) electrons. The Morgan fingerprint density at radius 3 is 2.48 bits per heavy atom. The topological polar surface area (TPSA) is 80.6 Å². The van der Waals surface area contributed by atoms with Gasteiger partial charge in [-0.05, 0) is 48.4 Å². The maximum absolute atomic E-state index is 13.1. The summed E-state index contributed by atoms with van der Waals surface area (Å²) >= 11 is 12.4. The molecule has 1 aliphatic heterocycles. The van der Waals surface area contributed by atoms with Gasteiger partial charge in [0.25, 0.3) is 5.91 Å². The van der Waals surface area contributed by atoms with E-state index in [-0.39, 0.29) is 11.5 Å². The third-order valence-corrected chi connectivity index (χ3v) is 6.20. The van der Waals surface area contributed by atoms with Gasteiger partial charge in [0.05, 0.1) is 28.8 Å². The number of benzene rings is 2. The van der Waals surface area contributed by atoms with Crippen LogP contribution in [0.5, 0.6) is 0 Å². The van der Waals surface area contributed by atoms with Gasteiger partial charge in [-0.2, -0.15) is 0 Å². The third-order valence-electron chi connectivity index (χ3n) is 5.38. The van der Waals surface area contributed by atoms with E-state index in [1.54, 1.807) is 35.9 Å². The molecule has 3 aromatic rings. The summed E-state index contributed by atoms with van der Waals surface area (Å²) in [4.78, 5) is 24.4. The van der Waals surface area contributed by atoms with Crippen molar-refractivity contribution < 1.29 is 19.4 Å². The second kappa shape index (κ2) is 7.06. The van der Waals surface area contributed by atoms with Crippen molar-refractivity contribution >= 4 is 46.0 Å². The van der Waals surface area contributed by atoms with Gasteiger partial charge in [0, 0.05) is 18.0 Å². The van der Waals surface area contributed by atoms with Crippen molar-refractivity contribution in [3.8, 4) is 0 Å². The van der Waals surface area contributed by atoms with Gasteiger partial charge in [0.1, 0.15) is 11.2 Å². The molecule has 1 aliphatic rings.